The van der Waals surface area contributed by atoms with Crippen LogP contribution in [0.1, 0.15) is 6.92 Å². The fraction of sp³-hybridized carbons (Fsp3) is 0.286. The summed E-state index contributed by atoms with van der Waals surface area (Å²) in [5.41, 5.74) is -0.234. The van der Waals surface area contributed by atoms with E-state index < -0.39 is 18.1 Å². The van der Waals surface area contributed by atoms with Crippen molar-refractivity contribution < 1.29 is 22.7 Å². The first-order valence-electron chi connectivity index (χ1n) is 3.72. The molecule has 1 heterocycles. The second kappa shape index (κ2) is 4.11. The van der Waals surface area contributed by atoms with Gasteiger partial charge in [0.2, 0.25) is 11.8 Å². The Morgan fingerprint density at radius 3 is 2.73 bits per heavy atom. The molecule has 1 aromatic rings. The molecular formula is C7H6F3N3O2. The van der Waals surface area contributed by atoms with Crippen molar-refractivity contribution in [1.82, 2.24) is 9.97 Å². The predicted molar refractivity (Wildman–Crippen MR) is 43.0 cm³/mol. The van der Waals surface area contributed by atoms with Crippen LogP contribution in [0.4, 0.5) is 18.9 Å². The SMILES string of the molecule is CC(=O)Nc1cncnc1OC(F)(F)F. The van der Waals surface area contributed by atoms with Crippen molar-refractivity contribution in [3.8, 4) is 5.88 Å². The van der Waals surface area contributed by atoms with Gasteiger partial charge in [0.25, 0.3) is 0 Å². The normalized spacial score (nSPS) is 10.9. The van der Waals surface area contributed by atoms with Gasteiger partial charge in [-0.15, -0.1) is 13.2 Å². The summed E-state index contributed by atoms with van der Waals surface area (Å²) in [5.74, 6) is -1.29. The van der Waals surface area contributed by atoms with E-state index in [1.54, 1.807) is 0 Å². The number of carbonyl (C=O) groups is 1. The van der Waals surface area contributed by atoms with E-state index in [0.29, 0.717) is 0 Å². The Morgan fingerprint density at radius 2 is 2.20 bits per heavy atom. The maximum atomic E-state index is 11.9. The maximum Gasteiger partial charge on any atom is 0.574 e. The highest BCUT2D eigenvalue weighted by molar-refractivity contribution is 5.89. The van der Waals surface area contributed by atoms with Crippen molar-refractivity contribution in [1.29, 1.82) is 0 Å². The number of nitrogens with one attached hydrogen (secondary N) is 1. The minimum Gasteiger partial charge on any atom is -0.385 e. The molecule has 5 nitrogen and oxygen atoms in total. The zero-order valence-electron chi connectivity index (χ0n) is 7.50. The van der Waals surface area contributed by atoms with Gasteiger partial charge in [-0.2, -0.15) is 4.98 Å². The highest BCUT2D eigenvalue weighted by atomic mass is 19.4. The largest absolute Gasteiger partial charge is 0.574 e. The second-order valence-electron chi connectivity index (χ2n) is 2.47. The molecule has 0 atom stereocenters. The second-order valence-corrected chi connectivity index (χ2v) is 2.47. The third-order valence-electron chi connectivity index (χ3n) is 1.20. The molecule has 1 aromatic heterocycles. The number of rotatable bonds is 2. The van der Waals surface area contributed by atoms with Crippen molar-refractivity contribution in [2.24, 2.45) is 0 Å². The van der Waals surface area contributed by atoms with Gasteiger partial charge < -0.3 is 10.1 Å². The van der Waals surface area contributed by atoms with Gasteiger partial charge in [0, 0.05) is 6.92 Å². The van der Waals surface area contributed by atoms with E-state index in [9.17, 15) is 18.0 Å². The maximum absolute atomic E-state index is 11.9. The number of hydrogen-bond acceptors (Lipinski definition) is 4. The van der Waals surface area contributed by atoms with E-state index in [1.165, 1.54) is 0 Å². The molecule has 0 unspecified atom stereocenters. The Labute approximate surface area is 82.3 Å². The molecule has 0 aliphatic rings. The molecule has 0 saturated carbocycles. The zero-order valence-corrected chi connectivity index (χ0v) is 7.50. The third kappa shape index (κ3) is 3.79. The van der Waals surface area contributed by atoms with E-state index in [0.717, 1.165) is 19.4 Å². The van der Waals surface area contributed by atoms with E-state index in [2.05, 4.69) is 20.0 Å². The number of alkyl halides is 3. The average molecular weight is 221 g/mol. The quantitative estimate of drug-likeness (QED) is 0.818. The van der Waals surface area contributed by atoms with Crippen LogP contribution in [0.3, 0.4) is 0 Å². The van der Waals surface area contributed by atoms with Gasteiger partial charge in [-0.1, -0.05) is 0 Å². The molecule has 0 aliphatic carbocycles. The van der Waals surface area contributed by atoms with Crippen LogP contribution in [-0.4, -0.2) is 22.2 Å². The minimum atomic E-state index is -4.86. The Balaban J connectivity index is 2.91. The van der Waals surface area contributed by atoms with Crippen LogP contribution in [0.2, 0.25) is 0 Å². The summed E-state index contributed by atoms with van der Waals surface area (Å²) in [7, 11) is 0. The van der Waals surface area contributed by atoms with Gasteiger partial charge in [-0.3, -0.25) is 4.79 Å². The summed E-state index contributed by atoms with van der Waals surface area (Å²) in [6, 6.07) is 0. The number of nitrogens with zero attached hydrogens (tertiary/aromatic N) is 2. The van der Waals surface area contributed by atoms with Gasteiger partial charge >= 0.3 is 6.36 Å². The highest BCUT2D eigenvalue weighted by Gasteiger charge is 2.33. The van der Waals surface area contributed by atoms with Crippen molar-refractivity contribution in [3.05, 3.63) is 12.5 Å². The summed E-state index contributed by atoms with van der Waals surface area (Å²) in [5, 5.41) is 2.11. The lowest BCUT2D eigenvalue weighted by molar-refractivity contribution is -0.275. The van der Waals surface area contributed by atoms with Crippen LogP contribution in [0.25, 0.3) is 0 Å². The van der Waals surface area contributed by atoms with Crippen molar-refractivity contribution >= 4 is 11.6 Å². The first-order valence-corrected chi connectivity index (χ1v) is 3.72. The molecule has 0 saturated heterocycles. The Bertz CT molecular complexity index is 367. The molecule has 0 aromatic carbocycles. The summed E-state index contributed by atoms with van der Waals surface area (Å²) < 4.78 is 39.2. The molecule has 0 radical (unpaired) electrons. The van der Waals surface area contributed by atoms with Crippen molar-refractivity contribution in [2.75, 3.05) is 5.32 Å². The van der Waals surface area contributed by atoms with Crippen LogP contribution < -0.4 is 10.1 Å². The smallest absolute Gasteiger partial charge is 0.385 e. The fourth-order valence-electron chi connectivity index (χ4n) is 0.785. The summed E-state index contributed by atoms with van der Waals surface area (Å²) in [6.45, 7) is 1.14. The first kappa shape index (κ1) is 11.2. The molecule has 0 bridgehead atoms. The van der Waals surface area contributed by atoms with Crippen LogP contribution in [0.5, 0.6) is 5.88 Å². The van der Waals surface area contributed by atoms with Crippen LogP contribution in [0.15, 0.2) is 12.5 Å². The topological polar surface area (TPSA) is 64.1 Å². The van der Waals surface area contributed by atoms with Crippen LogP contribution in [0, 0.1) is 0 Å². The van der Waals surface area contributed by atoms with Gasteiger partial charge in [-0.25, -0.2) is 4.98 Å². The Kier molecular flexibility index (Phi) is 3.08. The van der Waals surface area contributed by atoms with E-state index in [4.69, 9.17) is 0 Å². The highest BCUT2D eigenvalue weighted by Crippen LogP contribution is 2.26. The molecule has 0 aliphatic heterocycles. The monoisotopic (exact) mass is 221 g/mol. The molecule has 82 valence electrons. The van der Waals surface area contributed by atoms with Gasteiger partial charge in [-0.05, 0) is 0 Å². The zero-order chi connectivity index (χ0) is 11.5. The minimum absolute atomic E-state index is 0.234. The number of anilines is 1. The molecule has 15 heavy (non-hydrogen) atoms. The van der Waals surface area contributed by atoms with Crippen molar-refractivity contribution in [2.45, 2.75) is 13.3 Å². The summed E-state index contributed by atoms with van der Waals surface area (Å²) in [4.78, 5) is 17.3. The van der Waals surface area contributed by atoms with Gasteiger partial charge in [0.05, 0.1) is 6.20 Å². The Hall–Kier alpha value is -1.86. The number of aromatic nitrogens is 2. The van der Waals surface area contributed by atoms with E-state index in [1.807, 2.05) is 0 Å². The number of amides is 1. The molecule has 1 amide bonds. The van der Waals surface area contributed by atoms with Gasteiger partial charge in [0.15, 0.2) is 0 Å². The fourth-order valence-corrected chi connectivity index (χ4v) is 0.785. The summed E-state index contributed by atoms with van der Waals surface area (Å²) >= 11 is 0. The number of halogens is 3. The summed E-state index contributed by atoms with van der Waals surface area (Å²) in [6.07, 6.45) is -2.97. The lowest BCUT2D eigenvalue weighted by Crippen LogP contribution is -2.20. The lowest BCUT2D eigenvalue weighted by atomic mass is 10.5. The average Bonchev–Trinajstić information content (AvgIpc) is 2.05. The number of carbonyl (C=O) groups excluding carboxylic acids is 1. The van der Waals surface area contributed by atoms with E-state index >= 15 is 0 Å². The van der Waals surface area contributed by atoms with E-state index in [-0.39, 0.29) is 5.69 Å². The standard InChI is InChI=1S/C7H6F3N3O2/c1-4(14)13-5-2-11-3-12-6(5)15-7(8,9)10/h2-3H,1H3,(H,13,14). The molecular weight excluding hydrogens is 215 g/mol. The van der Waals surface area contributed by atoms with Gasteiger partial charge in [0.1, 0.15) is 12.0 Å². The lowest BCUT2D eigenvalue weighted by Gasteiger charge is -2.10. The number of hydrogen-bond donors (Lipinski definition) is 1. The number of ether oxygens (including phenoxy) is 1. The molecule has 0 spiro atoms. The molecule has 0 fully saturated rings. The molecule has 8 heteroatoms. The predicted octanol–water partition coefficient (Wildman–Crippen LogP) is 1.33. The molecule has 1 rings (SSSR count). The van der Waals surface area contributed by atoms with Crippen molar-refractivity contribution in [3.63, 3.8) is 0 Å². The first-order chi connectivity index (χ1) is 6.88. The Morgan fingerprint density at radius 1 is 1.53 bits per heavy atom. The van der Waals surface area contributed by atoms with Crippen LogP contribution >= 0.6 is 0 Å². The van der Waals surface area contributed by atoms with Crippen LogP contribution in [-0.2, 0) is 4.79 Å². The molecule has 1 N–H and O–H groups in total. The third-order valence-corrected chi connectivity index (χ3v) is 1.20.